The molecule has 1 saturated heterocycles. The molecule has 4 nitrogen and oxygen atoms in total. The van der Waals surface area contributed by atoms with E-state index in [2.05, 4.69) is 69.3 Å². The first kappa shape index (κ1) is 23.0. The van der Waals surface area contributed by atoms with E-state index in [0.29, 0.717) is 11.4 Å². The Bertz CT molecular complexity index is 522. The summed E-state index contributed by atoms with van der Waals surface area (Å²) >= 11 is 5.36. The van der Waals surface area contributed by atoms with Gasteiger partial charge in [0, 0.05) is 47.9 Å². The number of likely N-dealkylation sites (tertiary alicyclic amines) is 1. The molecule has 25 heavy (non-hydrogen) atoms. The zero-order valence-electron chi connectivity index (χ0n) is 15.2. The number of rotatable bonds is 6. The lowest BCUT2D eigenvalue weighted by Crippen LogP contribution is -2.48. The Kier molecular flexibility index (Phi) is 11.4. The van der Waals surface area contributed by atoms with E-state index < -0.39 is 0 Å². The van der Waals surface area contributed by atoms with Gasteiger partial charge in [-0.3, -0.25) is 4.99 Å². The fourth-order valence-corrected chi connectivity index (χ4v) is 4.01. The smallest absolute Gasteiger partial charge is 0.193 e. The van der Waals surface area contributed by atoms with E-state index >= 15 is 0 Å². The van der Waals surface area contributed by atoms with E-state index in [-0.39, 0.29) is 24.0 Å². The van der Waals surface area contributed by atoms with Crippen molar-refractivity contribution in [1.29, 1.82) is 0 Å². The monoisotopic (exact) mass is 541 g/mol. The molecule has 1 aromatic rings. The molecule has 1 aromatic carbocycles. The Morgan fingerprint density at radius 3 is 2.56 bits per heavy atom. The van der Waals surface area contributed by atoms with Gasteiger partial charge in [-0.2, -0.15) is 0 Å². The average molecular weight is 542 g/mol. The van der Waals surface area contributed by atoms with Crippen LogP contribution >= 0.6 is 51.7 Å². The van der Waals surface area contributed by atoms with Crippen molar-refractivity contribution in [2.45, 2.75) is 42.9 Å². The van der Waals surface area contributed by atoms with Crippen LogP contribution in [-0.4, -0.2) is 55.5 Å². The molecule has 0 spiro atoms. The number of piperidine rings is 1. The van der Waals surface area contributed by atoms with Crippen molar-refractivity contribution in [2.24, 2.45) is 4.99 Å². The van der Waals surface area contributed by atoms with Crippen LogP contribution in [0.5, 0.6) is 0 Å². The quantitative estimate of drug-likeness (QED) is 0.247. The van der Waals surface area contributed by atoms with Crippen LogP contribution in [0.4, 0.5) is 0 Å². The van der Waals surface area contributed by atoms with Gasteiger partial charge in [0.15, 0.2) is 5.96 Å². The Morgan fingerprint density at radius 2 is 2.00 bits per heavy atom. The summed E-state index contributed by atoms with van der Waals surface area (Å²) in [4.78, 5) is 8.08. The number of nitrogens with one attached hydrogen (secondary N) is 1. The highest BCUT2D eigenvalue weighted by molar-refractivity contribution is 14.0. The van der Waals surface area contributed by atoms with Crippen molar-refractivity contribution in [2.75, 3.05) is 33.3 Å². The molecule has 1 heterocycles. The summed E-state index contributed by atoms with van der Waals surface area (Å²) in [5.74, 6) is 1.01. The Hall–Kier alpha value is 0.01000. The Balaban J connectivity index is 0.00000312. The number of thioether (sulfide) groups is 1. The molecule has 2 rings (SSSR count). The van der Waals surface area contributed by atoms with Crippen LogP contribution in [0.2, 0.25) is 0 Å². The molecular weight excluding hydrogens is 513 g/mol. The van der Waals surface area contributed by atoms with E-state index in [1.807, 2.05) is 18.8 Å². The van der Waals surface area contributed by atoms with Gasteiger partial charge in [-0.1, -0.05) is 22.9 Å². The lowest BCUT2D eigenvalue weighted by Gasteiger charge is -2.34. The first-order chi connectivity index (χ1) is 11.6. The second kappa shape index (κ2) is 12.4. The van der Waals surface area contributed by atoms with Gasteiger partial charge in [0.1, 0.15) is 0 Å². The molecular formula is C18H29BrIN3OS. The topological polar surface area (TPSA) is 36.9 Å². The minimum absolute atomic E-state index is 0. The van der Waals surface area contributed by atoms with Crippen LogP contribution in [0.1, 0.15) is 26.7 Å². The third kappa shape index (κ3) is 8.05. The standard InChI is InChI=1S/C18H28BrN3OS.HI/c1-4-23-16-9-11-22(12-10-16)18(20-3)21-13-14(2)24-17-7-5-15(19)6-8-17;/h5-8,14,16H,4,9-13H2,1-3H3,(H,20,21);1H. The van der Waals surface area contributed by atoms with Gasteiger partial charge >= 0.3 is 0 Å². The van der Waals surface area contributed by atoms with Gasteiger partial charge in [-0.15, -0.1) is 35.7 Å². The molecule has 1 aliphatic heterocycles. The number of benzene rings is 1. The van der Waals surface area contributed by atoms with Crippen LogP contribution in [-0.2, 0) is 4.74 Å². The summed E-state index contributed by atoms with van der Waals surface area (Å²) < 4.78 is 6.84. The second-order valence-corrected chi connectivity index (χ2v) is 8.38. The third-order valence-corrected chi connectivity index (χ3v) is 5.70. The number of hydrogen-bond acceptors (Lipinski definition) is 3. The number of ether oxygens (including phenoxy) is 1. The van der Waals surface area contributed by atoms with E-state index in [1.54, 1.807) is 0 Å². The number of nitrogens with zero attached hydrogens (tertiary/aromatic N) is 2. The van der Waals surface area contributed by atoms with Crippen molar-refractivity contribution in [1.82, 2.24) is 10.2 Å². The molecule has 1 atom stereocenters. The zero-order chi connectivity index (χ0) is 17.4. The van der Waals surface area contributed by atoms with E-state index in [1.165, 1.54) is 4.90 Å². The summed E-state index contributed by atoms with van der Waals surface area (Å²) in [6.45, 7) is 8.05. The van der Waals surface area contributed by atoms with Crippen molar-refractivity contribution >= 4 is 57.6 Å². The normalized spacial score (nSPS) is 17.1. The summed E-state index contributed by atoms with van der Waals surface area (Å²) in [7, 11) is 1.86. The molecule has 0 amide bonds. The molecule has 1 unspecified atom stereocenters. The maximum Gasteiger partial charge on any atom is 0.193 e. The molecule has 142 valence electrons. The van der Waals surface area contributed by atoms with Gasteiger partial charge in [0.05, 0.1) is 6.10 Å². The lowest BCUT2D eigenvalue weighted by atomic mass is 10.1. The predicted octanol–water partition coefficient (Wildman–Crippen LogP) is 4.62. The van der Waals surface area contributed by atoms with Crippen molar-refractivity contribution in [3.63, 3.8) is 0 Å². The van der Waals surface area contributed by atoms with Crippen molar-refractivity contribution in [3.8, 4) is 0 Å². The van der Waals surface area contributed by atoms with E-state index in [0.717, 1.165) is 49.5 Å². The highest BCUT2D eigenvalue weighted by Gasteiger charge is 2.21. The maximum absolute atomic E-state index is 5.72. The van der Waals surface area contributed by atoms with Crippen LogP contribution < -0.4 is 5.32 Å². The van der Waals surface area contributed by atoms with Gasteiger partial charge in [-0.25, -0.2) is 0 Å². The SMILES string of the molecule is CCOC1CCN(C(=NC)NCC(C)Sc2ccc(Br)cc2)CC1.I. The Morgan fingerprint density at radius 1 is 1.36 bits per heavy atom. The largest absolute Gasteiger partial charge is 0.378 e. The van der Waals surface area contributed by atoms with Crippen LogP contribution in [0.3, 0.4) is 0 Å². The molecule has 0 saturated carbocycles. The summed E-state index contributed by atoms with van der Waals surface area (Å²) in [6, 6.07) is 8.48. The highest BCUT2D eigenvalue weighted by atomic mass is 127. The van der Waals surface area contributed by atoms with Gasteiger partial charge < -0.3 is 15.0 Å². The molecule has 0 aliphatic carbocycles. The fourth-order valence-electron chi connectivity index (χ4n) is 2.82. The minimum atomic E-state index is 0. The van der Waals surface area contributed by atoms with E-state index in [9.17, 15) is 0 Å². The molecule has 1 aliphatic rings. The van der Waals surface area contributed by atoms with Crippen molar-refractivity contribution < 1.29 is 4.74 Å². The van der Waals surface area contributed by atoms with Crippen LogP contribution in [0, 0.1) is 0 Å². The molecule has 1 N–H and O–H groups in total. The second-order valence-electron chi connectivity index (χ2n) is 5.95. The minimum Gasteiger partial charge on any atom is -0.378 e. The van der Waals surface area contributed by atoms with Crippen molar-refractivity contribution in [3.05, 3.63) is 28.7 Å². The van der Waals surface area contributed by atoms with Crippen LogP contribution in [0.15, 0.2) is 38.6 Å². The molecule has 0 bridgehead atoms. The molecule has 1 fully saturated rings. The number of aliphatic imine (C=N–C) groups is 1. The fraction of sp³-hybridized carbons (Fsp3) is 0.611. The van der Waals surface area contributed by atoms with Gasteiger partial charge in [-0.05, 0) is 44.0 Å². The first-order valence-electron chi connectivity index (χ1n) is 8.61. The van der Waals surface area contributed by atoms with E-state index in [4.69, 9.17) is 4.74 Å². The third-order valence-electron chi connectivity index (χ3n) is 4.05. The predicted molar refractivity (Wildman–Crippen MR) is 122 cm³/mol. The van der Waals surface area contributed by atoms with Gasteiger partial charge in [0.25, 0.3) is 0 Å². The summed E-state index contributed by atoms with van der Waals surface area (Å²) in [5.41, 5.74) is 0. The zero-order valence-corrected chi connectivity index (χ0v) is 19.9. The first-order valence-corrected chi connectivity index (χ1v) is 10.3. The van der Waals surface area contributed by atoms with Crippen LogP contribution in [0.25, 0.3) is 0 Å². The van der Waals surface area contributed by atoms with Gasteiger partial charge in [0.2, 0.25) is 0 Å². The molecule has 7 heteroatoms. The number of hydrogen-bond donors (Lipinski definition) is 1. The molecule has 0 aromatic heterocycles. The lowest BCUT2D eigenvalue weighted by molar-refractivity contribution is 0.0264. The summed E-state index contributed by atoms with van der Waals surface area (Å²) in [6.07, 6.45) is 2.58. The summed E-state index contributed by atoms with van der Waals surface area (Å²) in [5, 5.41) is 4.00. The number of halogens is 2. The number of guanidine groups is 1. The average Bonchev–Trinajstić information content (AvgIpc) is 2.59. The maximum atomic E-state index is 5.72. The highest BCUT2D eigenvalue weighted by Crippen LogP contribution is 2.24. The molecule has 0 radical (unpaired) electrons. The Labute approximate surface area is 181 Å².